The molecule has 1 aliphatic rings. The zero-order chi connectivity index (χ0) is 12.7. The molecule has 100 valence electrons. The third-order valence-electron chi connectivity index (χ3n) is 3.39. The van der Waals surface area contributed by atoms with Crippen LogP contribution in [0.15, 0.2) is 0 Å². The van der Waals surface area contributed by atoms with Gasteiger partial charge in [0, 0.05) is 20.3 Å². The molecule has 0 radical (unpaired) electrons. The number of aliphatic hydroxyl groups is 1. The van der Waals surface area contributed by atoms with Gasteiger partial charge in [0.1, 0.15) is 0 Å². The summed E-state index contributed by atoms with van der Waals surface area (Å²) in [5, 5.41) is 15.1. The first kappa shape index (κ1) is 14.4. The number of aliphatic hydroxyl groups excluding tert-OH is 1. The fourth-order valence-electron chi connectivity index (χ4n) is 2.14. The van der Waals surface area contributed by atoms with Gasteiger partial charge in [-0.1, -0.05) is 6.92 Å². The molecule has 3 N–H and O–H groups in total. The highest BCUT2D eigenvalue weighted by Gasteiger charge is 2.39. The number of carbonyl (C=O) groups is 1. The second-order valence-corrected chi connectivity index (χ2v) is 4.96. The van der Waals surface area contributed by atoms with Crippen molar-refractivity contribution in [3.63, 3.8) is 0 Å². The molecule has 17 heavy (non-hydrogen) atoms. The Labute approximate surface area is 103 Å². The van der Waals surface area contributed by atoms with Gasteiger partial charge in [-0.15, -0.1) is 0 Å². The fourth-order valence-corrected chi connectivity index (χ4v) is 2.14. The van der Waals surface area contributed by atoms with Crippen LogP contribution in [0.2, 0.25) is 0 Å². The van der Waals surface area contributed by atoms with Crippen LogP contribution < -0.4 is 10.6 Å². The molecule has 0 aromatic rings. The smallest absolute Gasteiger partial charge is 0.228 e. The van der Waals surface area contributed by atoms with Gasteiger partial charge >= 0.3 is 0 Å². The van der Waals surface area contributed by atoms with Gasteiger partial charge in [-0.2, -0.15) is 0 Å². The summed E-state index contributed by atoms with van der Waals surface area (Å²) in [6, 6.07) is 0. The van der Waals surface area contributed by atoms with E-state index in [0.717, 1.165) is 25.9 Å². The van der Waals surface area contributed by atoms with Gasteiger partial charge in [-0.05, 0) is 31.8 Å². The van der Waals surface area contributed by atoms with E-state index >= 15 is 0 Å². The van der Waals surface area contributed by atoms with Gasteiger partial charge in [0.25, 0.3) is 0 Å². The summed E-state index contributed by atoms with van der Waals surface area (Å²) in [4.78, 5) is 12.2. The van der Waals surface area contributed by atoms with Gasteiger partial charge in [0.15, 0.2) is 0 Å². The van der Waals surface area contributed by atoms with E-state index in [-0.39, 0.29) is 18.4 Å². The predicted octanol–water partition coefficient (Wildman–Crippen LogP) is -0.253. The number of methoxy groups -OCH3 is 1. The third-order valence-corrected chi connectivity index (χ3v) is 3.39. The van der Waals surface area contributed by atoms with E-state index in [1.165, 1.54) is 0 Å². The van der Waals surface area contributed by atoms with Crippen LogP contribution in [0.4, 0.5) is 0 Å². The molecule has 1 amide bonds. The number of hydrogen-bond acceptors (Lipinski definition) is 4. The molecule has 1 saturated heterocycles. The van der Waals surface area contributed by atoms with E-state index in [4.69, 9.17) is 9.84 Å². The zero-order valence-corrected chi connectivity index (χ0v) is 10.8. The second-order valence-electron chi connectivity index (χ2n) is 4.96. The van der Waals surface area contributed by atoms with Crippen molar-refractivity contribution in [2.75, 3.05) is 40.0 Å². The maximum absolute atomic E-state index is 12.2. The van der Waals surface area contributed by atoms with Crippen LogP contribution in [0.5, 0.6) is 0 Å². The summed E-state index contributed by atoms with van der Waals surface area (Å²) in [5.74, 6) is 0.154. The predicted molar refractivity (Wildman–Crippen MR) is 65.7 cm³/mol. The lowest BCUT2D eigenvalue weighted by Gasteiger charge is -2.35. The molecule has 5 nitrogen and oxygen atoms in total. The second kappa shape index (κ2) is 6.93. The Kier molecular flexibility index (Phi) is 5.88. The van der Waals surface area contributed by atoms with Crippen molar-refractivity contribution < 1.29 is 14.6 Å². The van der Waals surface area contributed by atoms with E-state index in [9.17, 15) is 4.79 Å². The molecular weight excluding hydrogens is 220 g/mol. The van der Waals surface area contributed by atoms with Crippen LogP contribution >= 0.6 is 0 Å². The van der Waals surface area contributed by atoms with E-state index < -0.39 is 5.41 Å². The molecule has 5 heteroatoms. The number of carbonyl (C=O) groups excluding carboxylic acids is 1. The Morgan fingerprint density at radius 2 is 2.18 bits per heavy atom. The summed E-state index contributed by atoms with van der Waals surface area (Å²) in [7, 11) is 1.63. The summed E-state index contributed by atoms with van der Waals surface area (Å²) in [5.41, 5.74) is -0.394. The lowest BCUT2D eigenvalue weighted by molar-refractivity contribution is -0.136. The van der Waals surface area contributed by atoms with Crippen molar-refractivity contribution >= 4 is 5.91 Å². The highest BCUT2D eigenvalue weighted by Crippen LogP contribution is 2.29. The SMILES string of the molecule is COCC1(C(=O)NCC(C)CO)CCNCC1. The normalized spacial score (nSPS) is 20.9. The molecule has 1 aliphatic heterocycles. The van der Waals surface area contributed by atoms with Crippen molar-refractivity contribution in [2.24, 2.45) is 11.3 Å². The van der Waals surface area contributed by atoms with Crippen molar-refractivity contribution in [1.29, 1.82) is 0 Å². The van der Waals surface area contributed by atoms with E-state index in [0.29, 0.717) is 13.2 Å². The number of hydrogen-bond donors (Lipinski definition) is 3. The molecule has 0 aliphatic carbocycles. The zero-order valence-electron chi connectivity index (χ0n) is 10.8. The monoisotopic (exact) mass is 244 g/mol. The minimum Gasteiger partial charge on any atom is -0.396 e. The van der Waals surface area contributed by atoms with E-state index in [1.54, 1.807) is 7.11 Å². The largest absolute Gasteiger partial charge is 0.396 e. The lowest BCUT2D eigenvalue weighted by Crippen LogP contribution is -2.50. The molecule has 1 heterocycles. The number of rotatable bonds is 6. The van der Waals surface area contributed by atoms with Gasteiger partial charge in [0.2, 0.25) is 5.91 Å². The van der Waals surface area contributed by atoms with E-state index in [2.05, 4.69) is 10.6 Å². The minimum absolute atomic E-state index is 0.0566. The molecule has 0 aromatic carbocycles. The van der Waals surface area contributed by atoms with Crippen LogP contribution in [0.3, 0.4) is 0 Å². The van der Waals surface area contributed by atoms with Crippen LogP contribution in [0.25, 0.3) is 0 Å². The number of piperidine rings is 1. The molecule has 0 saturated carbocycles. The molecule has 1 fully saturated rings. The number of amides is 1. The van der Waals surface area contributed by atoms with Gasteiger partial charge in [-0.3, -0.25) is 4.79 Å². The third kappa shape index (κ3) is 3.94. The summed E-state index contributed by atoms with van der Waals surface area (Å²) in [6.45, 7) is 4.70. The Hall–Kier alpha value is -0.650. The summed E-state index contributed by atoms with van der Waals surface area (Å²) in [6.07, 6.45) is 1.61. The molecule has 0 aromatic heterocycles. The Balaban J connectivity index is 2.53. The van der Waals surface area contributed by atoms with Crippen molar-refractivity contribution in [1.82, 2.24) is 10.6 Å². The first-order valence-corrected chi connectivity index (χ1v) is 6.23. The van der Waals surface area contributed by atoms with E-state index in [1.807, 2.05) is 6.92 Å². The molecule has 1 atom stereocenters. The van der Waals surface area contributed by atoms with Crippen LogP contribution in [0, 0.1) is 11.3 Å². The van der Waals surface area contributed by atoms with Crippen LogP contribution in [-0.4, -0.2) is 51.0 Å². The lowest BCUT2D eigenvalue weighted by atomic mass is 9.78. The van der Waals surface area contributed by atoms with Crippen molar-refractivity contribution in [3.8, 4) is 0 Å². The quantitative estimate of drug-likeness (QED) is 0.602. The first-order valence-electron chi connectivity index (χ1n) is 6.23. The molecule has 0 bridgehead atoms. The maximum atomic E-state index is 12.2. The van der Waals surface area contributed by atoms with Crippen molar-refractivity contribution in [3.05, 3.63) is 0 Å². The Morgan fingerprint density at radius 3 is 2.71 bits per heavy atom. The summed E-state index contributed by atoms with van der Waals surface area (Å²) >= 11 is 0. The van der Waals surface area contributed by atoms with Crippen LogP contribution in [-0.2, 0) is 9.53 Å². The van der Waals surface area contributed by atoms with Crippen LogP contribution in [0.1, 0.15) is 19.8 Å². The molecular formula is C12H24N2O3. The highest BCUT2D eigenvalue weighted by atomic mass is 16.5. The summed E-state index contributed by atoms with van der Waals surface area (Å²) < 4.78 is 5.20. The minimum atomic E-state index is -0.394. The molecule has 1 unspecified atom stereocenters. The van der Waals surface area contributed by atoms with Gasteiger partial charge < -0.3 is 20.5 Å². The topological polar surface area (TPSA) is 70.6 Å². The fraction of sp³-hybridized carbons (Fsp3) is 0.917. The molecule has 1 rings (SSSR count). The number of ether oxygens (including phenoxy) is 1. The average Bonchev–Trinajstić information content (AvgIpc) is 2.36. The maximum Gasteiger partial charge on any atom is 0.228 e. The number of nitrogens with one attached hydrogen (secondary N) is 2. The molecule has 0 spiro atoms. The first-order chi connectivity index (χ1) is 8.14. The Bertz CT molecular complexity index is 234. The van der Waals surface area contributed by atoms with Gasteiger partial charge in [-0.25, -0.2) is 0 Å². The van der Waals surface area contributed by atoms with Gasteiger partial charge in [0.05, 0.1) is 12.0 Å². The average molecular weight is 244 g/mol. The van der Waals surface area contributed by atoms with Crippen molar-refractivity contribution in [2.45, 2.75) is 19.8 Å². The highest BCUT2D eigenvalue weighted by molar-refractivity contribution is 5.83. The Morgan fingerprint density at radius 1 is 1.53 bits per heavy atom. The standard InChI is InChI=1S/C12H24N2O3/c1-10(8-15)7-14-11(16)12(9-17-2)3-5-13-6-4-12/h10,13,15H,3-9H2,1-2H3,(H,14,16).